The van der Waals surface area contributed by atoms with Gasteiger partial charge in [0.1, 0.15) is 11.5 Å². The molecule has 166 valence electrons. The molecule has 3 aromatic carbocycles. The van der Waals surface area contributed by atoms with Crippen LogP contribution in [0.25, 0.3) is 6.08 Å². The topological polar surface area (TPSA) is 72.9 Å². The van der Waals surface area contributed by atoms with Crippen molar-refractivity contribution < 1.29 is 22.7 Å². The molecule has 0 heterocycles. The molecule has 0 bridgehead atoms. The van der Waals surface area contributed by atoms with E-state index < -0.39 is 15.9 Å². The second kappa shape index (κ2) is 10.5. The maximum atomic E-state index is 13.3. The molecule has 32 heavy (non-hydrogen) atoms. The number of carbonyl (C=O) groups is 1. The normalized spacial score (nSPS) is 11.3. The highest BCUT2D eigenvalue weighted by molar-refractivity contribution is 9.10. The smallest absolute Gasteiger partial charge is 0.271 e. The molecule has 0 aliphatic carbocycles. The first-order valence-corrected chi connectivity index (χ1v) is 12.0. The summed E-state index contributed by atoms with van der Waals surface area (Å²) in [5.41, 5.74) is 0.914. The van der Waals surface area contributed by atoms with Crippen molar-refractivity contribution in [3.05, 3.63) is 88.9 Å². The fourth-order valence-corrected chi connectivity index (χ4v) is 4.92. The Balaban J connectivity index is 2.00. The summed E-state index contributed by atoms with van der Waals surface area (Å²) in [5.74, 6) is 0.528. The first-order chi connectivity index (χ1) is 15.4. The number of nitrogens with zero attached hydrogens (tertiary/aromatic N) is 1. The molecule has 0 spiro atoms. The van der Waals surface area contributed by atoms with Crippen molar-refractivity contribution in [2.75, 3.05) is 18.0 Å². The molecule has 0 aliphatic heterocycles. The van der Waals surface area contributed by atoms with E-state index in [1.165, 1.54) is 18.2 Å². The lowest BCUT2D eigenvalue weighted by atomic mass is 10.2. The number of anilines is 1. The molecule has 0 saturated carbocycles. The fourth-order valence-electron chi connectivity index (χ4n) is 2.95. The lowest BCUT2D eigenvalue weighted by molar-refractivity contribution is -0.113. The van der Waals surface area contributed by atoms with Crippen LogP contribution >= 0.6 is 15.9 Å². The Labute approximate surface area is 196 Å². The van der Waals surface area contributed by atoms with Crippen molar-refractivity contribution in [1.82, 2.24) is 0 Å². The molecule has 0 atom stereocenters. The SMILES string of the molecule is CCOc1ccc(N(C(=O)/C=C/c2ccc(OC)c(Br)c2)S(=O)(=O)c2ccccc2)cc1. The average Bonchev–Trinajstić information content (AvgIpc) is 2.80. The van der Waals surface area contributed by atoms with Crippen LogP contribution in [0.2, 0.25) is 0 Å². The van der Waals surface area contributed by atoms with Gasteiger partial charge in [-0.15, -0.1) is 0 Å². The molecule has 0 fully saturated rings. The van der Waals surface area contributed by atoms with Gasteiger partial charge < -0.3 is 9.47 Å². The van der Waals surface area contributed by atoms with Gasteiger partial charge in [-0.2, -0.15) is 4.31 Å². The van der Waals surface area contributed by atoms with Crippen molar-refractivity contribution in [2.24, 2.45) is 0 Å². The number of methoxy groups -OCH3 is 1. The molecule has 0 saturated heterocycles. The van der Waals surface area contributed by atoms with Crippen LogP contribution in [-0.2, 0) is 14.8 Å². The van der Waals surface area contributed by atoms with Gasteiger partial charge in [0.05, 0.1) is 28.8 Å². The highest BCUT2D eigenvalue weighted by atomic mass is 79.9. The van der Waals surface area contributed by atoms with E-state index in [9.17, 15) is 13.2 Å². The van der Waals surface area contributed by atoms with E-state index in [-0.39, 0.29) is 10.6 Å². The molecular formula is C24H22BrNO5S. The van der Waals surface area contributed by atoms with E-state index >= 15 is 0 Å². The molecule has 0 aliphatic rings. The van der Waals surface area contributed by atoms with E-state index in [0.29, 0.717) is 23.7 Å². The van der Waals surface area contributed by atoms with Crippen LogP contribution < -0.4 is 13.8 Å². The van der Waals surface area contributed by atoms with E-state index in [0.717, 1.165) is 8.78 Å². The summed E-state index contributed by atoms with van der Waals surface area (Å²) >= 11 is 3.40. The minimum atomic E-state index is -4.14. The highest BCUT2D eigenvalue weighted by Crippen LogP contribution is 2.28. The lowest BCUT2D eigenvalue weighted by Crippen LogP contribution is -2.35. The van der Waals surface area contributed by atoms with Crippen molar-refractivity contribution in [1.29, 1.82) is 0 Å². The summed E-state index contributed by atoms with van der Waals surface area (Å²) in [4.78, 5) is 13.2. The molecule has 0 unspecified atom stereocenters. The maximum Gasteiger partial charge on any atom is 0.271 e. The van der Waals surface area contributed by atoms with Crippen LogP contribution in [0.4, 0.5) is 5.69 Å². The molecule has 1 amide bonds. The van der Waals surface area contributed by atoms with E-state index in [4.69, 9.17) is 9.47 Å². The third-order valence-corrected chi connectivity index (χ3v) is 6.82. The molecule has 8 heteroatoms. The van der Waals surface area contributed by atoms with Gasteiger partial charge in [-0.1, -0.05) is 24.3 Å². The Morgan fingerprint density at radius 2 is 1.72 bits per heavy atom. The quantitative estimate of drug-likeness (QED) is 0.381. The summed E-state index contributed by atoms with van der Waals surface area (Å²) in [6, 6.07) is 19.5. The van der Waals surface area contributed by atoms with Gasteiger partial charge in [-0.25, -0.2) is 8.42 Å². The Kier molecular flexibility index (Phi) is 7.71. The third kappa shape index (κ3) is 5.38. The number of sulfonamides is 1. The number of amides is 1. The number of carbonyl (C=O) groups excluding carboxylic acids is 1. The minimum Gasteiger partial charge on any atom is -0.496 e. The van der Waals surface area contributed by atoms with Crippen molar-refractivity contribution in [3.63, 3.8) is 0 Å². The maximum absolute atomic E-state index is 13.3. The minimum absolute atomic E-state index is 0.0165. The predicted molar refractivity (Wildman–Crippen MR) is 128 cm³/mol. The lowest BCUT2D eigenvalue weighted by Gasteiger charge is -2.21. The van der Waals surface area contributed by atoms with Gasteiger partial charge in [0.15, 0.2) is 0 Å². The van der Waals surface area contributed by atoms with Crippen LogP contribution in [0.1, 0.15) is 12.5 Å². The molecular weight excluding hydrogens is 494 g/mol. The zero-order valence-corrected chi connectivity index (χ0v) is 20.0. The summed E-state index contributed by atoms with van der Waals surface area (Å²) in [5, 5.41) is 0. The Hall–Kier alpha value is -3.10. The zero-order valence-electron chi connectivity index (χ0n) is 17.6. The van der Waals surface area contributed by atoms with E-state index in [2.05, 4.69) is 15.9 Å². The van der Waals surface area contributed by atoms with Crippen molar-refractivity contribution in [2.45, 2.75) is 11.8 Å². The summed E-state index contributed by atoms with van der Waals surface area (Å²) in [7, 11) is -2.58. The average molecular weight is 516 g/mol. The van der Waals surface area contributed by atoms with Crippen LogP contribution in [0.5, 0.6) is 11.5 Å². The van der Waals surface area contributed by atoms with E-state index in [1.807, 2.05) is 6.92 Å². The number of ether oxygens (including phenoxy) is 2. The molecule has 0 radical (unpaired) electrons. The number of rotatable bonds is 8. The zero-order chi connectivity index (χ0) is 23.1. The van der Waals surface area contributed by atoms with Crippen LogP contribution in [0.15, 0.2) is 88.2 Å². The van der Waals surface area contributed by atoms with Gasteiger partial charge in [0.25, 0.3) is 15.9 Å². The van der Waals surface area contributed by atoms with Gasteiger partial charge in [-0.05, 0) is 83.0 Å². The Morgan fingerprint density at radius 3 is 2.31 bits per heavy atom. The van der Waals surface area contributed by atoms with Crippen LogP contribution in [0.3, 0.4) is 0 Å². The van der Waals surface area contributed by atoms with Gasteiger partial charge in [0, 0.05) is 6.08 Å². The summed E-state index contributed by atoms with van der Waals surface area (Å²) in [6.45, 7) is 2.33. The second-order valence-corrected chi connectivity index (χ2v) is 9.22. The number of hydrogen-bond donors (Lipinski definition) is 0. The van der Waals surface area contributed by atoms with Crippen LogP contribution in [-0.4, -0.2) is 28.0 Å². The molecule has 3 aromatic rings. The number of halogens is 1. The number of hydrogen-bond acceptors (Lipinski definition) is 5. The van der Waals surface area contributed by atoms with Gasteiger partial charge in [0.2, 0.25) is 0 Å². The number of benzene rings is 3. The summed E-state index contributed by atoms with van der Waals surface area (Å²) < 4.78 is 38.8. The third-order valence-electron chi connectivity index (χ3n) is 4.46. The Bertz CT molecular complexity index is 1210. The molecule has 0 aromatic heterocycles. The van der Waals surface area contributed by atoms with E-state index in [1.54, 1.807) is 73.8 Å². The van der Waals surface area contributed by atoms with Gasteiger partial charge >= 0.3 is 0 Å². The van der Waals surface area contributed by atoms with Crippen molar-refractivity contribution >= 4 is 43.6 Å². The first kappa shape index (κ1) is 23.6. The summed E-state index contributed by atoms with van der Waals surface area (Å²) in [6.07, 6.45) is 2.78. The monoisotopic (exact) mass is 515 g/mol. The fraction of sp³-hybridized carbons (Fsp3) is 0.125. The second-order valence-electron chi connectivity index (χ2n) is 6.57. The molecule has 6 nitrogen and oxygen atoms in total. The standard InChI is InChI=1S/C24H22BrNO5S/c1-3-31-20-13-11-19(12-14-20)26(32(28,29)21-7-5-4-6-8-21)24(27)16-10-18-9-15-23(30-2)22(25)17-18/h4-17H,3H2,1-2H3/b16-10+. The molecule has 3 rings (SSSR count). The first-order valence-electron chi connectivity index (χ1n) is 9.75. The largest absolute Gasteiger partial charge is 0.496 e. The predicted octanol–water partition coefficient (Wildman–Crippen LogP) is 5.29. The molecule has 0 N–H and O–H groups in total. The van der Waals surface area contributed by atoms with Crippen LogP contribution in [0, 0.1) is 0 Å². The Morgan fingerprint density at radius 1 is 1.03 bits per heavy atom. The highest BCUT2D eigenvalue weighted by Gasteiger charge is 2.29. The van der Waals surface area contributed by atoms with Crippen molar-refractivity contribution in [3.8, 4) is 11.5 Å². The van der Waals surface area contributed by atoms with Gasteiger partial charge in [-0.3, -0.25) is 4.79 Å².